The molecule has 4 aliphatic carbocycles. The molecule has 0 radical (unpaired) electrons. The van der Waals surface area contributed by atoms with Gasteiger partial charge in [0, 0.05) is 37.1 Å². The number of ketones is 2. The summed E-state index contributed by atoms with van der Waals surface area (Å²) in [7, 11) is 0. The third kappa shape index (κ3) is 13.1. The fourth-order valence-corrected chi connectivity index (χ4v) is 9.89. The molecule has 12 heteroatoms. The molecule has 340 valence electrons. The first-order valence-corrected chi connectivity index (χ1v) is 22.9. The Hall–Kier alpha value is -4.39. The molecule has 0 unspecified atom stereocenters. The van der Waals surface area contributed by atoms with Crippen molar-refractivity contribution in [3.8, 4) is 0 Å². The van der Waals surface area contributed by atoms with Gasteiger partial charge in [-0.25, -0.2) is 9.59 Å². The summed E-state index contributed by atoms with van der Waals surface area (Å²) in [4.78, 5) is 63.7. The first-order valence-electron chi connectivity index (χ1n) is 22.9. The molecule has 4 aliphatic rings. The summed E-state index contributed by atoms with van der Waals surface area (Å²) in [6.45, 7) is 7.50. The molecule has 1 aromatic rings. The van der Waals surface area contributed by atoms with E-state index in [4.69, 9.17) is 14.2 Å². The second kappa shape index (κ2) is 22.8. The topological polar surface area (TPSA) is 186 Å². The third-order valence-electron chi connectivity index (χ3n) is 13.8. The van der Waals surface area contributed by atoms with Crippen LogP contribution in [0.4, 0.5) is 4.79 Å². The predicted octanol–water partition coefficient (Wildman–Crippen LogP) is 7.38. The molecule has 10 atom stereocenters. The van der Waals surface area contributed by atoms with E-state index in [0.29, 0.717) is 70.3 Å². The number of aliphatic hydroxyl groups is 3. The summed E-state index contributed by atoms with van der Waals surface area (Å²) in [6, 6.07) is 9.65. The van der Waals surface area contributed by atoms with Gasteiger partial charge in [0.1, 0.15) is 11.7 Å². The lowest BCUT2D eigenvalue weighted by atomic mass is 9.57. The monoisotopic (exact) mass is 859 g/mol. The van der Waals surface area contributed by atoms with Gasteiger partial charge in [-0.05, 0) is 126 Å². The second-order valence-corrected chi connectivity index (χ2v) is 18.1. The molecule has 62 heavy (non-hydrogen) atoms. The summed E-state index contributed by atoms with van der Waals surface area (Å²) in [6.07, 6.45) is 14.6. The molecular weight excluding hydrogens is 791 g/mol. The summed E-state index contributed by atoms with van der Waals surface area (Å²) >= 11 is 0. The molecule has 0 spiro atoms. The van der Waals surface area contributed by atoms with Crippen LogP contribution >= 0.6 is 0 Å². The van der Waals surface area contributed by atoms with Gasteiger partial charge in [0.2, 0.25) is 11.7 Å². The van der Waals surface area contributed by atoms with Gasteiger partial charge < -0.3 is 34.8 Å². The molecule has 0 bridgehead atoms. The molecular formula is C50H69NO11. The van der Waals surface area contributed by atoms with Crippen molar-refractivity contribution in [2.75, 3.05) is 13.2 Å². The largest absolute Gasteiger partial charge is 0.509 e. The maximum atomic E-state index is 13.5. The lowest BCUT2D eigenvalue weighted by Crippen LogP contribution is -2.42. The molecule has 1 aromatic carbocycles. The van der Waals surface area contributed by atoms with Crippen molar-refractivity contribution in [1.82, 2.24) is 5.32 Å². The zero-order chi connectivity index (χ0) is 44.9. The number of esters is 1. The highest BCUT2D eigenvalue weighted by atomic mass is 16.7. The number of aryl methyl sites for hydroxylation is 1. The number of Topliss-reactive ketones (excluding diaryl/α,β-unsaturated/α-hetero) is 1. The van der Waals surface area contributed by atoms with Gasteiger partial charge in [-0.15, -0.1) is 0 Å². The number of allylic oxidation sites excluding steroid dienone is 6. The van der Waals surface area contributed by atoms with E-state index in [0.717, 1.165) is 24.8 Å². The van der Waals surface area contributed by atoms with E-state index in [-0.39, 0.29) is 48.2 Å². The molecule has 2 fully saturated rings. The van der Waals surface area contributed by atoms with Crippen molar-refractivity contribution < 1.29 is 53.5 Å². The normalized spacial score (nSPS) is 30.7. The molecule has 0 heterocycles. The standard InChI is InChI=1S/C50H69NO11/c1-5-51-46(56)18-12-7-6-11-16-40-41(44(54)31-43(40)53)24-22-38(21-19-35-14-9-8-10-15-35)62-48(58)61-34(3)47(57)60-32-45(55)50(59)27-13-17-42-39(33(2)25-29-50)23-20-36-30-37(52)26-28-49(36,42)4/h6,8-11,14-15,17,22,24,30,33-34,38-41,43-44,53-54,59H,5,7,12-13,16,18-21,23,25-29,31-32H2,1-4H3,(H,51,56)/b11-6-,24-22+,42-17+/t33-,34-,38-,39-,40+,41+,43-,44+,49-,50-/m0/s1. The van der Waals surface area contributed by atoms with E-state index >= 15 is 0 Å². The Bertz CT molecular complexity index is 1840. The van der Waals surface area contributed by atoms with Crippen molar-refractivity contribution in [3.05, 3.63) is 83.5 Å². The highest BCUT2D eigenvalue weighted by Crippen LogP contribution is 2.55. The van der Waals surface area contributed by atoms with Crippen LogP contribution in [0.2, 0.25) is 0 Å². The van der Waals surface area contributed by atoms with Crippen LogP contribution in [-0.4, -0.2) is 88.1 Å². The Kier molecular flexibility index (Phi) is 17.9. The zero-order valence-corrected chi connectivity index (χ0v) is 37.1. The van der Waals surface area contributed by atoms with Crippen LogP contribution < -0.4 is 5.32 Å². The van der Waals surface area contributed by atoms with E-state index in [1.807, 2.05) is 55.5 Å². The molecule has 0 aliphatic heterocycles. The van der Waals surface area contributed by atoms with Gasteiger partial charge in [-0.1, -0.05) is 79.6 Å². The number of carbonyl (C=O) groups excluding carboxylic acids is 5. The number of fused-ring (bicyclic) bond motifs is 3. The number of nitrogens with one attached hydrogen (secondary N) is 1. The molecule has 4 N–H and O–H groups in total. The van der Waals surface area contributed by atoms with Gasteiger partial charge in [0.15, 0.2) is 18.5 Å². The first-order chi connectivity index (χ1) is 29.6. The van der Waals surface area contributed by atoms with Gasteiger partial charge in [0.05, 0.1) is 12.2 Å². The summed E-state index contributed by atoms with van der Waals surface area (Å²) < 4.78 is 16.3. The van der Waals surface area contributed by atoms with Crippen molar-refractivity contribution in [2.45, 2.75) is 154 Å². The number of carbonyl (C=O) groups is 5. The SMILES string of the molecule is CCNC(=O)CCC/C=C\C[C@@H]1[C@@H](/C=C/[C@H](CCc2ccccc2)OC(=O)O[C@@H](C)C(=O)OCC(=O)[C@]2(O)CC/C=C3\[C@@H](CCC4=CC(=O)CC[C@@]43C)[C@@H](C)CC2)[C@H](O)C[C@@H]1O. The van der Waals surface area contributed by atoms with Crippen LogP contribution in [0.1, 0.15) is 123 Å². The van der Waals surface area contributed by atoms with Crippen molar-refractivity contribution >= 4 is 29.6 Å². The van der Waals surface area contributed by atoms with Crippen LogP contribution in [0, 0.1) is 29.1 Å². The smallest absolute Gasteiger partial charge is 0.455 e. The highest BCUT2D eigenvalue weighted by Gasteiger charge is 2.46. The molecule has 0 aromatic heterocycles. The number of amides is 1. The predicted molar refractivity (Wildman–Crippen MR) is 234 cm³/mol. The average Bonchev–Trinajstić information content (AvgIpc) is 3.54. The maximum Gasteiger partial charge on any atom is 0.509 e. The first kappa shape index (κ1) is 48.6. The fraction of sp³-hybridized carbons (Fsp3) is 0.620. The zero-order valence-electron chi connectivity index (χ0n) is 37.1. The van der Waals surface area contributed by atoms with E-state index in [9.17, 15) is 39.3 Å². The number of rotatable bonds is 18. The Balaban J connectivity index is 1.15. The number of aliphatic hydroxyl groups excluding tert-OH is 2. The van der Waals surface area contributed by atoms with Gasteiger partial charge >= 0.3 is 12.1 Å². The second-order valence-electron chi connectivity index (χ2n) is 18.1. The molecule has 5 rings (SSSR count). The van der Waals surface area contributed by atoms with Gasteiger partial charge in [-0.2, -0.15) is 0 Å². The van der Waals surface area contributed by atoms with Crippen LogP contribution in [0.3, 0.4) is 0 Å². The summed E-state index contributed by atoms with van der Waals surface area (Å²) in [5, 5.41) is 36.2. The lowest BCUT2D eigenvalue weighted by molar-refractivity contribution is -0.161. The van der Waals surface area contributed by atoms with Crippen molar-refractivity contribution in [1.29, 1.82) is 0 Å². The van der Waals surface area contributed by atoms with E-state index in [2.05, 4.69) is 25.2 Å². The number of ether oxygens (including phenoxy) is 3. The molecule has 1 amide bonds. The van der Waals surface area contributed by atoms with Gasteiger partial charge in [-0.3, -0.25) is 14.4 Å². The minimum absolute atomic E-state index is 0.0172. The van der Waals surface area contributed by atoms with Crippen molar-refractivity contribution in [3.63, 3.8) is 0 Å². The maximum absolute atomic E-state index is 13.5. The number of benzene rings is 1. The molecule has 0 saturated heterocycles. The van der Waals surface area contributed by atoms with Crippen molar-refractivity contribution in [2.24, 2.45) is 29.1 Å². The average molecular weight is 860 g/mol. The van der Waals surface area contributed by atoms with E-state index in [1.165, 1.54) is 18.1 Å². The summed E-state index contributed by atoms with van der Waals surface area (Å²) in [5.74, 6) is -1.56. The Morgan fingerprint density at radius 3 is 2.53 bits per heavy atom. The van der Waals surface area contributed by atoms with Crippen LogP contribution in [-0.2, 0) is 39.8 Å². The van der Waals surface area contributed by atoms with Crippen LogP contribution in [0.15, 0.2) is 77.9 Å². The number of hydrogen-bond acceptors (Lipinski definition) is 11. The van der Waals surface area contributed by atoms with Crippen LogP contribution in [0.5, 0.6) is 0 Å². The van der Waals surface area contributed by atoms with E-state index < -0.39 is 60.4 Å². The van der Waals surface area contributed by atoms with Gasteiger partial charge in [0.25, 0.3) is 0 Å². The molecule has 12 nitrogen and oxygen atoms in total. The summed E-state index contributed by atoms with van der Waals surface area (Å²) in [5.41, 5.74) is 1.61. The number of unbranched alkanes of at least 4 members (excludes halogenated alkanes) is 1. The van der Waals surface area contributed by atoms with Crippen LogP contribution in [0.25, 0.3) is 0 Å². The number of hydrogen-bond donors (Lipinski definition) is 4. The minimum Gasteiger partial charge on any atom is -0.455 e. The lowest BCUT2D eigenvalue weighted by Gasteiger charge is -2.47. The Morgan fingerprint density at radius 2 is 1.77 bits per heavy atom. The highest BCUT2D eigenvalue weighted by molar-refractivity contribution is 5.92. The Labute approximate surface area is 367 Å². The third-order valence-corrected chi connectivity index (χ3v) is 13.8. The minimum atomic E-state index is -1.70. The van der Waals surface area contributed by atoms with E-state index in [1.54, 1.807) is 12.2 Å². The quantitative estimate of drug-likeness (QED) is 0.0656. The fourth-order valence-electron chi connectivity index (χ4n) is 9.89. The Morgan fingerprint density at radius 1 is 1.00 bits per heavy atom. The molecule has 2 saturated carbocycles.